The number of primary amides is 1. The minimum atomic E-state index is -0.380. The van der Waals surface area contributed by atoms with E-state index in [4.69, 9.17) is 5.73 Å². The fraction of sp³-hybridized carbons (Fsp3) is 0.308. The lowest BCUT2D eigenvalue weighted by molar-refractivity contribution is 0.100. The molecule has 2 N–H and O–H groups in total. The van der Waals surface area contributed by atoms with Gasteiger partial charge in [-0.1, -0.05) is 38.1 Å². The van der Waals surface area contributed by atoms with E-state index in [1.807, 2.05) is 18.2 Å². The standard InChI is InChI=1S/C13H17NO/c1-10(2)5-3-6-11-7-4-8-12(9-11)13(14)15/h3-4,6-10H,5H2,1-2H3,(H2,14,15)/b6-3+. The fourth-order valence-corrected chi connectivity index (χ4v) is 1.27. The van der Waals surface area contributed by atoms with Crippen molar-refractivity contribution in [2.45, 2.75) is 20.3 Å². The summed E-state index contributed by atoms with van der Waals surface area (Å²) >= 11 is 0. The van der Waals surface area contributed by atoms with Gasteiger partial charge < -0.3 is 5.73 Å². The minimum absolute atomic E-state index is 0.380. The molecule has 0 saturated carbocycles. The first kappa shape index (κ1) is 11.5. The van der Waals surface area contributed by atoms with Gasteiger partial charge in [0, 0.05) is 5.56 Å². The Morgan fingerprint density at radius 2 is 2.20 bits per heavy atom. The van der Waals surface area contributed by atoms with Crippen LogP contribution in [0.25, 0.3) is 6.08 Å². The normalized spacial score (nSPS) is 11.1. The summed E-state index contributed by atoms with van der Waals surface area (Å²) in [5.74, 6) is 0.273. The highest BCUT2D eigenvalue weighted by molar-refractivity contribution is 5.93. The molecule has 1 aromatic rings. The molecule has 0 aliphatic rings. The summed E-state index contributed by atoms with van der Waals surface area (Å²) in [6.07, 6.45) is 5.18. The first-order valence-electron chi connectivity index (χ1n) is 5.16. The van der Waals surface area contributed by atoms with E-state index in [-0.39, 0.29) is 5.91 Å². The summed E-state index contributed by atoms with van der Waals surface area (Å²) in [6, 6.07) is 7.33. The van der Waals surface area contributed by atoms with E-state index in [2.05, 4.69) is 19.9 Å². The van der Waals surface area contributed by atoms with Crippen molar-refractivity contribution in [1.29, 1.82) is 0 Å². The third-order valence-electron chi connectivity index (χ3n) is 2.09. The molecule has 2 nitrogen and oxygen atoms in total. The summed E-state index contributed by atoms with van der Waals surface area (Å²) in [5.41, 5.74) is 6.77. The van der Waals surface area contributed by atoms with Gasteiger partial charge >= 0.3 is 0 Å². The molecule has 1 aromatic carbocycles. The lowest BCUT2D eigenvalue weighted by Gasteiger charge is -1.99. The number of carbonyl (C=O) groups is 1. The number of rotatable bonds is 4. The molecule has 0 heterocycles. The monoisotopic (exact) mass is 203 g/mol. The van der Waals surface area contributed by atoms with Crippen molar-refractivity contribution in [3.05, 3.63) is 41.5 Å². The van der Waals surface area contributed by atoms with Gasteiger partial charge in [-0.3, -0.25) is 4.79 Å². The smallest absolute Gasteiger partial charge is 0.248 e. The second-order valence-corrected chi connectivity index (χ2v) is 4.02. The topological polar surface area (TPSA) is 43.1 Å². The number of nitrogens with two attached hydrogens (primary N) is 1. The molecule has 15 heavy (non-hydrogen) atoms. The molecule has 0 aliphatic carbocycles. The number of amides is 1. The van der Waals surface area contributed by atoms with Crippen molar-refractivity contribution >= 4 is 12.0 Å². The molecule has 1 amide bonds. The molecule has 0 bridgehead atoms. The SMILES string of the molecule is CC(C)C/C=C/c1cccc(C(N)=O)c1. The lowest BCUT2D eigenvalue weighted by Crippen LogP contribution is -2.10. The molecule has 1 rings (SSSR count). The largest absolute Gasteiger partial charge is 0.366 e. The van der Waals surface area contributed by atoms with Gasteiger partial charge in [0.05, 0.1) is 0 Å². The summed E-state index contributed by atoms with van der Waals surface area (Å²) < 4.78 is 0. The van der Waals surface area contributed by atoms with Crippen LogP contribution in [0.3, 0.4) is 0 Å². The van der Waals surface area contributed by atoms with Crippen LogP contribution in [0.5, 0.6) is 0 Å². The van der Waals surface area contributed by atoms with Gasteiger partial charge in [0.15, 0.2) is 0 Å². The van der Waals surface area contributed by atoms with Crippen molar-refractivity contribution in [3.63, 3.8) is 0 Å². The maximum Gasteiger partial charge on any atom is 0.248 e. The zero-order valence-electron chi connectivity index (χ0n) is 9.23. The molecule has 0 unspecified atom stereocenters. The quantitative estimate of drug-likeness (QED) is 0.803. The first-order chi connectivity index (χ1) is 7.09. The van der Waals surface area contributed by atoms with Crippen molar-refractivity contribution in [1.82, 2.24) is 0 Å². The van der Waals surface area contributed by atoms with E-state index in [9.17, 15) is 4.79 Å². The molecule has 0 radical (unpaired) electrons. The van der Waals surface area contributed by atoms with Gasteiger partial charge in [0.25, 0.3) is 0 Å². The Morgan fingerprint density at radius 3 is 2.80 bits per heavy atom. The second kappa shape index (κ2) is 5.35. The van der Waals surface area contributed by atoms with Gasteiger partial charge in [-0.15, -0.1) is 0 Å². The number of benzene rings is 1. The number of allylic oxidation sites excluding steroid dienone is 1. The molecule has 0 fully saturated rings. The summed E-state index contributed by atoms with van der Waals surface area (Å²) in [4.78, 5) is 10.9. The van der Waals surface area contributed by atoms with Crippen LogP contribution in [-0.2, 0) is 0 Å². The van der Waals surface area contributed by atoms with Crippen LogP contribution in [0.4, 0.5) is 0 Å². The lowest BCUT2D eigenvalue weighted by atomic mass is 10.1. The number of carbonyl (C=O) groups excluding carboxylic acids is 1. The average Bonchev–Trinajstić information content (AvgIpc) is 2.17. The second-order valence-electron chi connectivity index (χ2n) is 4.02. The maximum absolute atomic E-state index is 10.9. The van der Waals surface area contributed by atoms with Crippen LogP contribution in [0.15, 0.2) is 30.3 Å². The van der Waals surface area contributed by atoms with Crippen molar-refractivity contribution in [2.75, 3.05) is 0 Å². The van der Waals surface area contributed by atoms with Crippen LogP contribution in [0.1, 0.15) is 36.2 Å². The van der Waals surface area contributed by atoms with Crippen LogP contribution in [0.2, 0.25) is 0 Å². The van der Waals surface area contributed by atoms with Gasteiger partial charge in [-0.25, -0.2) is 0 Å². The number of hydrogen-bond acceptors (Lipinski definition) is 1. The van der Waals surface area contributed by atoms with Crippen LogP contribution < -0.4 is 5.73 Å². The third-order valence-corrected chi connectivity index (χ3v) is 2.09. The van der Waals surface area contributed by atoms with Gasteiger partial charge in [-0.2, -0.15) is 0 Å². The van der Waals surface area contributed by atoms with Crippen molar-refractivity contribution in [2.24, 2.45) is 11.7 Å². The summed E-state index contributed by atoms with van der Waals surface area (Å²) in [7, 11) is 0. The highest BCUT2D eigenvalue weighted by Crippen LogP contribution is 2.08. The Hall–Kier alpha value is -1.57. The van der Waals surface area contributed by atoms with E-state index >= 15 is 0 Å². The Bertz CT molecular complexity index is 367. The van der Waals surface area contributed by atoms with E-state index in [1.54, 1.807) is 12.1 Å². The average molecular weight is 203 g/mol. The molecule has 0 aromatic heterocycles. The number of hydrogen-bond donors (Lipinski definition) is 1. The van der Waals surface area contributed by atoms with E-state index in [1.165, 1.54) is 0 Å². The molecule has 80 valence electrons. The fourth-order valence-electron chi connectivity index (χ4n) is 1.27. The Morgan fingerprint density at radius 1 is 1.47 bits per heavy atom. The predicted molar refractivity (Wildman–Crippen MR) is 63.4 cm³/mol. The zero-order chi connectivity index (χ0) is 11.3. The van der Waals surface area contributed by atoms with E-state index < -0.39 is 0 Å². The molecule has 0 atom stereocenters. The Kier molecular flexibility index (Phi) is 4.10. The van der Waals surface area contributed by atoms with Crippen LogP contribution >= 0.6 is 0 Å². The summed E-state index contributed by atoms with van der Waals surface area (Å²) in [5, 5.41) is 0. The zero-order valence-corrected chi connectivity index (χ0v) is 9.23. The minimum Gasteiger partial charge on any atom is -0.366 e. The third kappa shape index (κ3) is 3.98. The van der Waals surface area contributed by atoms with Crippen LogP contribution in [-0.4, -0.2) is 5.91 Å². The highest BCUT2D eigenvalue weighted by Gasteiger charge is 1.98. The Balaban J connectivity index is 2.73. The molecular formula is C13H17NO. The van der Waals surface area contributed by atoms with E-state index in [0.717, 1.165) is 12.0 Å². The van der Waals surface area contributed by atoms with Crippen molar-refractivity contribution in [3.8, 4) is 0 Å². The molecular weight excluding hydrogens is 186 g/mol. The Labute approximate surface area is 90.8 Å². The van der Waals surface area contributed by atoms with Gasteiger partial charge in [0.1, 0.15) is 0 Å². The van der Waals surface area contributed by atoms with Crippen LogP contribution in [0, 0.1) is 5.92 Å². The summed E-state index contributed by atoms with van der Waals surface area (Å²) in [6.45, 7) is 4.34. The highest BCUT2D eigenvalue weighted by atomic mass is 16.1. The van der Waals surface area contributed by atoms with Gasteiger partial charge in [0.2, 0.25) is 5.91 Å². The molecule has 0 aliphatic heterocycles. The predicted octanol–water partition coefficient (Wildman–Crippen LogP) is 2.84. The maximum atomic E-state index is 10.9. The molecule has 0 spiro atoms. The molecule has 0 saturated heterocycles. The van der Waals surface area contributed by atoms with E-state index in [0.29, 0.717) is 11.5 Å². The van der Waals surface area contributed by atoms with Crippen molar-refractivity contribution < 1.29 is 4.79 Å². The molecule has 2 heteroatoms. The van der Waals surface area contributed by atoms with Gasteiger partial charge in [-0.05, 0) is 30.0 Å². The first-order valence-corrected chi connectivity index (χ1v) is 5.16.